The standard InChI is InChI=1S/C13H21NO3/c1-14-8-7-13(16-9-10-17-13)12(11(14)15)5-3-2-4-6-12/h2-10H2,1H3. The molecule has 2 aliphatic heterocycles. The van der Waals surface area contributed by atoms with Gasteiger partial charge in [0.1, 0.15) is 5.41 Å². The fourth-order valence-corrected chi connectivity index (χ4v) is 3.81. The fraction of sp³-hybridized carbons (Fsp3) is 0.923. The van der Waals surface area contributed by atoms with Gasteiger partial charge < -0.3 is 14.4 Å². The molecule has 0 bridgehead atoms. The quantitative estimate of drug-likeness (QED) is 0.643. The van der Waals surface area contributed by atoms with Gasteiger partial charge in [0.15, 0.2) is 5.79 Å². The molecule has 17 heavy (non-hydrogen) atoms. The summed E-state index contributed by atoms with van der Waals surface area (Å²) in [6.45, 7) is 2.03. The van der Waals surface area contributed by atoms with Crippen molar-refractivity contribution < 1.29 is 14.3 Å². The summed E-state index contributed by atoms with van der Waals surface area (Å²) < 4.78 is 11.8. The predicted octanol–water partition coefficient (Wildman–Crippen LogP) is 1.54. The van der Waals surface area contributed by atoms with E-state index >= 15 is 0 Å². The number of carbonyl (C=O) groups excluding carboxylic acids is 1. The highest BCUT2D eigenvalue weighted by molar-refractivity contribution is 5.84. The topological polar surface area (TPSA) is 38.8 Å². The van der Waals surface area contributed by atoms with Gasteiger partial charge in [-0.05, 0) is 12.8 Å². The van der Waals surface area contributed by atoms with Crippen molar-refractivity contribution in [1.82, 2.24) is 4.90 Å². The van der Waals surface area contributed by atoms with Gasteiger partial charge in [-0.2, -0.15) is 0 Å². The van der Waals surface area contributed by atoms with Gasteiger partial charge in [-0.1, -0.05) is 19.3 Å². The lowest BCUT2D eigenvalue weighted by molar-refractivity contribution is -0.261. The number of fused-ring (bicyclic) bond motifs is 1. The number of ether oxygens (including phenoxy) is 2. The summed E-state index contributed by atoms with van der Waals surface area (Å²) in [5, 5.41) is 0. The van der Waals surface area contributed by atoms with Crippen molar-refractivity contribution in [2.75, 3.05) is 26.8 Å². The molecule has 0 aromatic heterocycles. The molecule has 2 spiro atoms. The lowest BCUT2D eigenvalue weighted by atomic mass is 9.64. The molecule has 3 rings (SSSR count). The van der Waals surface area contributed by atoms with Crippen LogP contribution in [-0.4, -0.2) is 43.4 Å². The zero-order valence-electron chi connectivity index (χ0n) is 10.5. The molecule has 0 aromatic rings. The number of piperidine rings is 1. The third-order valence-corrected chi connectivity index (χ3v) is 4.72. The molecule has 0 N–H and O–H groups in total. The summed E-state index contributed by atoms with van der Waals surface area (Å²) in [6, 6.07) is 0. The second kappa shape index (κ2) is 3.95. The second-order valence-electron chi connectivity index (χ2n) is 5.57. The molecule has 3 aliphatic rings. The first-order valence-corrected chi connectivity index (χ1v) is 6.74. The van der Waals surface area contributed by atoms with Crippen LogP contribution >= 0.6 is 0 Å². The van der Waals surface area contributed by atoms with E-state index in [0.29, 0.717) is 13.2 Å². The third kappa shape index (κ3) is 1.47. The summed E-state index contributed by atoms with van der Waals surface area (Å²) in [5.74, 6) is -0.359. The predicted molar refractivity (Wildman–Crippen MR) is 62.4 cm³/mol. The maximum Gasteiger partial charge on any atom is 0.233 e. The Morgan fingerprint density at radius 2 is 1.71 bits per heavy atom. The van der Waals surface area contributed by atoms with Crippen molar-refractivity contribution in [3.05, 3.63) is 0 Å². The maximum atomic E-state index is 12.6. The van der Waals surface area contributed by atoms with Crippen LogP contribution in [0, 0.1) is 5.41 Å². The lowest BCUT2D eigenvalue weighted by Gasteiger charge is -2.52. The van der Waals surface area contributed by atoms with E-state index in [4.69, 9.17) is 9.47 Å². The van der Waals surface area contributed by atoms with Crippen LogP contribution in [0.3, 0.4) is 0 Å². The van der Waals surface area contributed by atoms with Gasteiger partial charge in [0.2, 0.25) is 5.91 Å². The summed E-state index contributed by atoms with van der Waals surface area (Å²) in [6.07, 6.45) is 6.15. The first-order chi connectivity index (χ1) is 8.20. The van der Waals surface area contributed by atoms with Gasteiger partial charge in [-0.3, -0.25) is 4.79 Å². The molecule has 1 aliphatic carbocycles. The van der Waals surface area contributed by atoms with Crippen LogP contribution in [0.15, 0.2) is 0 Å². The first kappa shape index (κ1) is 11.5. The molecule has 0 radical (unpaired) electrons. The Bertz CT molecular complexity index is 317. The number of hydrogen-bond acceptors (Lipinski definition) is 3. The van der Waals surface area contributed by atoms with E-state index in [2.05, 4.69) is 0 Å². The fourth-order valence-electron chi connectivity index (χ4n) is 3.81. The monoisotopic (exact) mass is 239 g/mol. The van der Waals surface area contributed by atoms with Crippen molar-refractivity contribution in [1.29, 1.82) is 0 Å². The van der Waals surface area contributed by atoms with Gasteiger partial charge in [0.25, 0.3) is 0 Å². The molecule has 0 aromatic carbocycles. The number of carbonyl (C=O) groups is 1. The van der Waals surface area contributed by atoms with Gasteiger partial charge in [-0.25, -0.2) is 0 Å². The SMILES string of the molecule is CN1CCC2(OCCO2)C2(CCCCC2)C1=O. The molecule has 4 heteroatoms. The normalized spacial score (nSPS) is 31.4. The Kier molecular flexibility index (Phi) is 2.67. The Hall–Kier alpha value is -0.610. The Morgan fingerprint density at radius 1 is 1.06 bits per heavy atom. The van der Waals surface area contributed by atoms with E-state index in [1.807, 2.05) is 11.9 Å². The van der Waals surface area contributed by atoms with Gasteiger partial charge >= 0.3 is 0 Å². The van der Waals surface area contributed by atoms with E-state index in [1.54, 1.807) is 0 Å². The number of nitrogens with zero attached hydrogens (tertiary/aromatic N) is 1. The molecular weight excluding hydrogens is 218 g/mol. The molecule has 96 valence electrons. The molecule has 2 saturated heterocycles. The number of likely N-dealkylation sites (tertiary alicyclic amines) is 1. The van der Waals surface area contributed by atoms with Crippen LogP contribution in [0.4, 0.5) is 0 Å². The van der Waals surface area contributed by atoms with Crippen LogP contribution in [0.1, 0.15) is 38.5 Å². The molecule has 0 atom stereocenters. The van der Waals surface area contributed by atoms with E-state index in [1.165, 1.54) is 6.42 Å². The molecule has 3 fully saturated rings. The number of hydrogen-bond donors (Lipinski definition) is 0. The minimum atomic E-state index is -0.600. The Morgan fingerprint density at radius 3 is 2.35 bits per heavy atom. The molecule has 1 saturated carbocycles. The summed E-state index contributed by atoms with van der Waals surface area (Å²) in [4.78, 5) is 14.5. The smallest absolute Gasteiger partial charge is 0.233 e. The maximum absolute atomic E-state index is 12.6. The van der Waals surface area contributed by atoms with Crippen molar-refractivity contribution in [3.8, 4) is 0 Å². The van der Waals surface area contributed by atoms with E-state index < -0.39 is 11.2 Å². The van der Waals surface area contributed by atoms with Crippen molar-refractivity contribution in [3.63, 3.8) is 0 Å². The second-order valence-corrected chi connectivity index (χ2v) is 5.57. The first-order valence-electron chi connectivity index (χ1n) is 6.74. The third-order valence-electron chi connectivity index (χ3n) is 4.72. The molecule has 4 nitrogen and oxygen atoms in total. The van der Waals surface area contributed by atoms with E-state index in [-0.39, 0.29) is 5.91 Å². The zero-order valence-corrected chi connectivity index (χ0v) is 10.5. The van der Waals surface area contributed by atoms with Crippen LogP contribution < -0.4 is 0 Å². The van der Waals surface area contributed by atoms with Crippen LogP contribution in [0.2, 0.25) is 0 Å². The highest BCUT2D eigenvalue weighted by atomic mass is 16.7. The van der Waals surface area contributed by atoms with Crippen molar-refractivity contribution in [2.45, 2.75) is 44.3 Å². The summed E-state index contributed by atoms with van der Waals surface area (Å²) >= 11 is 0. The Labute approximate surface area is 102 Å². The van der Waals surface area contributed by atoms with Crippen molar-refractivity contribution in [2.24, 2.45) is 5.41 Å². The average Bonchev–Trinajstić information content (AvgIpc) is 2.84. The lowest BCUT2D eigenvalue weighted by Crippen LogP contribution is -2.63. The average molecular weight is 239 g/mol. The number of rotatable bonds is 0. The van der Waals surface area contributed by atoms with Crippen molar-refractivity contribution >= 4 is 5.91 Å². The van der Waals surface area contributed by atoms with Crippen LogP contribution in [0.5, 0.6) is 0 Å². The highest BCUT2D eigenvalue weighted by Crippen LogP contribution is 2.53. The van der Waals surface area contributed by atoms with E-state index in [9.17, 15) is 4.79 Å². The number of amides is 1. The molecule has 1 amide bonds. The van der Waals surface area contributed by atoms with E-state index in [0.717, 1.165) is 38.6 Å². The molecule has 2 heterocycles. The molecular formula is C13H21NO3. The van der Waals surface area contributed by atoms with Gasteiger partial charge in [0.05, 0.1) is 13.2 Å². The largest absolute Gasteiger partial charge is 0.346 e. The molecule has 0 unspecified atom stereocenters. The zero-order chi connectivity index (χ0) is 11.9. The van der Waals surface area contributed by atoms with Gasteiger partial charge in [-0.15, -0.1) is 0 Å². The minimum absolute atomic E-state index is 0.241. The summed E-state index contributed by atoms with van der Waals surface area (Å²) in [7, 11) is 1.90. The Balaban J connectivity index is 1.99. The summed E-state index contributed by atoms with van der Waals surface area (Å²) in [5.41, 5.74) is -0.394. The van der Waals surface area contributed by atoms with Crippen LogP contribution in [-0.2, 0) is 14.3 Å². The van der Waals surface area contributed by atoms with Gasteiger partial charge in [0, 0.05) is 20.0 Å². The highest BCUT2D eigenvalue weighted by Gasteiger charge is 2.63. The minimum Gasteiger partial charge on any atom is -0.346 e. The van der Waals surface area contributed by atoms with Crippen LogP contribution in [0.25, 0.3) is 0 Å².